The van der Waals surface area contributed by atoms with Crippen LogP contribution in [0.1, 0.15) is 12.5 Å². The van der Waals surface area contributed by atoms with Crippen molar-refractivity contribution in [3.8, 4) is 0 Å². The van der Waals surface area contributed by atoms with Crippen molar-refractivity contribution in [2.24, 2.45) is 0 Å². The van der Waals surface area contributed by atoms with E-state index in [1.165, 1.54) is 6.07 Å². The Morgan fingerprint density at radius 2 is 1.42 bits per heavy atom. The van der Waals surface area contributed by atoms with E-state index >= 15 is 0 Å². The summed E-state index contributed by atoms with van der Waals surface area (Å²) >= 11 is 0. The predicted molar refractivity (Wildman–Crippen MR) is 121 cm³/mol. The molecule has 178 valence electrons. The van der Waals surface area contributed by atoms with Gasteiger partial charge in [0, 0.05) is 35.2 Å². The van der Waals surface area contributed by atoms with Gasteiger partial charge in [-0.05, 0) is 48.9 Å². The molecule has 0 saturated carbocycles. The summed E-state index contributed by atoms with van der Waals surface area (Å²) < 4.78 is 99.8. The van der Waals surface area contributed by atoms with Crippen LogP contribution in [0.2, 0.25) is 0 Å². The first kappa shape index (κ1) is 24.9. The smallest absolute Gasteiger partial charge is 0.295 e. The molecular weight excluding hydrogens is 496 g/mol. The van der Waals surface area contributed by atoms with Crippen molar-refractivity contribution in [1.29, 1.82) is 0 Å². The molecule has 0 aliphatic rings. The number of benzene rings is 3. The van der Waals surface area contributed by atoms with Crippen LogP contribution < -0.4 is 10.6 Å². The summed E-state index contributed by atoms with van der Waals surface area (Å²) in [4.78, 5) is -2.77. The fraction of sp³-hybridized carbons (Fsp3) is 0.158. The van der Waals surface area contributed by atoms with Gasteiger partial charge >= 0.3 is 0 Å². The maximum absolute atomic E-state index is 12.1. The van der Waals surface area contributed by atoms with Gasteiger partial charge in [-0.25, -0.2) is 0 Å². The van der Waals surface area contributed by atoms with Crippen LogP contribution in [0.5, 0.6) is 0 Å². The van der Waals surface area contributed by atoms with E-state index in [-0.39, 0.29) is 17.6 Å². The van der Waals surface area contributed by atoms with E-state index in [0.717, 1.165) is 17.3 Å². The molecular formula is C19H20N2O9S3. The molecule has 3 aromatic carbocycles. The minimum absolute atomic E-state index is 0.0285. The Bertz CT molecular complexity index is 1550. The van der Waals surface area contributed by atoms with Crippen LogP contribution in [-0.4, -0.2) is 45.5 Å². The highest BCUT2D eigenvalue weighted by atomic mass is 32.2. The zero-order valence-electron chi connectivity index (χ0n) is 17.0. The molecule has 14 heteroatoms. The van der Waals surface area contributed by atoms with Crippen LogP contribution >= 0.6 is 0 Å². The fourth-order valence-corrected chi connectivity index (χ4v) is 5.35. The molecule has 0 bridgehead atoms. The maximum atomic E-state index is 12.1. The van der Waals surface area contributed by atoms with Crippen molar-refractivity contribution in [2.45, 2.75) is 28.2 Å². The van der Waals surface area contributed by atoms with E-state index in [4.69, 9.17) is 0 Å². The normalized spacial score (nSPS) is 12.6. The highest BCUT2D eigenvalue weighted by Crippen LogP contribution is 2.37. The summed E-state index contributed by atoms with van der Waals surface area (Å²) in [6.45, 7) is 2.75. The lowest BCUT2D eigenvalue weighted by Gasteiger charge is -2.16. The second-order valence-electron chi connectivity index (χ2n) is 6.96. The quantitative estimate of drug-likeness (QED) is 0.277. The Balaban J connectivity index is 2.28. The average Bonchev–Trinajstić information content (AvgIpc) is 2.69. The molecule has 3 aromatic rings. The summed E-state index contributed by atoms with van der Waals surface area (Å²) in [5.41, 5.74) is 1.63. The van der Waals surface area contributed by atoms with Crippen LogP contribution in [-0.2, 0) is 36.9 Å². The van der Waals surface area contributed by atoms with Crippen molar-refractivity contribution in [3.05, 3.63) is 54.1 Å². The van der Waals surface area contributed by atoms with Gasteiger partial charge in [0.15, 0.2) is 0 Å². The van der Waals surface area contributed by atoms with Gasteiger partial charge in [0.2, 0.25) is 0 Å². The molecule has 0 aliphatic carbocycles. The number of hydrogen-bond donors (Lipinski definition) is 5. The van der Waals surface area contributed by atoms with Crippen molar-refractivity contribution in [1.82, 2.24) is 0 Å². The molecule has 0 heterocycles. The van der Waals surface area contributed by atoms with Gasteiger partial charge < -0.3 is 10.6 Å². The number of nitrogens with one attached hydrogen (secondary N) is 2. The minimum Gasteiger partial charge on any atom is -0.385 e. The first-order chi connectivity index (χ1) is 15.2. The lowest BCUT2D eigenvalue weighted by atomic mass is 10.1. The molecule has 0 aliphatic heterocycles. The van der Waals surface area contributed by atoms with E-state index in [9.17, 15) is 38.9 Å². The highest BCUT2D eigenvalue weighted by Gasteiger charge is 2.26. The summed E-state index contributed by atoms with van der Waals surface area (Å²) in [6.07, 6.45) is 0. The first-order valence-electron chi connectivity index (χ1n) is 9.31. The van der Waals surface area contributed by atoms with E-state index < -0.39 is 50.4 Å². The highest BCUT2D eigenvalue weighted by molar-refractivity contribution is 7.87. The zero-order chi connectivity index (χ0) is 24.6. The van der Waals surface area contributed by atoms with Gasteiger partial charge in [-0.1, -0.05) is 12.1 Å². The summed E-state index contributed by atoms with van der Waals surface area (Å²) in [5, 5.41) is 5.14. The Morgan fingerprint density at radius 3 is 2.00 bits per heavy atom. The minimum atomic E-state index is -5.10. The molecule has 33 heavy (non-hydrogen) atoms. The third kappa shape index (κ3) is 5.61. The van der Waals surface area contributed by atoms with Crippen molar-refractivity contribution < 1.29 is 38.9 Å². The van der Waals surface area contributed by atoms with Crippen molar-refractivity contribution >= 4 is 52.5 Å². The molecule has 0 atom stereocenters. The Hall–Kier alpha value is -2.75. The van der Waals surface area contributed by atoms with Gasteiger partial charge in [-0.2, -0.15) is 25.3 Å². The van der Waals surface area contributed by atoms with E-state index in [1.54, 1.807) is 12.1 Å². The van der Waals surface area contributed by atoms with Crippen LogP contribution in [0.15, 0.2) is 63.2 Å². The topological polar surface area (TPSA) is 187 Å². The van der Waals surface area contributed by atoms with E-state index in [1.807, 2.05) is 19.1 Å². The lowest BCUT2D eigenvalue weighted by Crippen LogP contribution is -2.09. The molecule has 3 rings (SSSR count). The average molecular weight is 517 g/mol. The van der Waals surface area contributed by atoms with Crippen LogP contribution in [0.3, 0.4) is 0 Å². The van der Waals surface area contributed by atoms with Crippen molar-refractivity contribution in [3.63, 3.8) is 0 Å². The molecule has 11 nitrogen and oxygen atoms in total. The lowest BCUT2D eigenvalue weighted by molar-refractivity contribution is 0.478. The largest absolute Gasteiger partial charge is 0.385 e. The second kappa shape index (κ2) is 8.89. The van der Waals surface area contributed by atoms with Crippen LogP contribution in [0.25, 0.3) is 10.8 Å². The van der Waals surface area contributed by atoms with Crippen LogP contribution in [0, 0.1) is 0 Å². The number of rotatable bonds is 8. The number of hydrogen-bond acceptors (Lipinski definition) is 8. The second-order valence-corrected chi connectivity index (χ2v) is 11.2. The summed E-state index contributed by atoms with van der Waals surface area (Å²) in [6, 6.07) is 10.5. The summed E-state index contributed by atoms with van der Waals surface area (Å²) in [5.74, 6) is 0. The SMILES string of the molecule is CCNc1cccc(CNc2ccc(S(=O)(=O)O)c3cc(S(=O)(=O)O)cc(S(=O)(=O)O)c23)c1. The van der Waals surface area contributed by atoms with E-state index in [2.05, 4.69) is 10.6 Å². The Morgan fingerprint density at radius 1 is 0.758 bits per heavy atom. The molecule has 0 radical (unpaired) electrons. The van der Waals surface area contributed by atoms with Crippen molar-refractivity contribution in [2.75, 3.05) is 17.2 Å². The van der Waals surface area contributed by atoms with E-state index in [0.29, 0.717) is 18.7 Å². The van der Waals surface area contributed by atoms with Gasteiger partial charge in [-0.3, -0.25) is 13.7 Å². The molecule has 0 spiro atoms. The molecule has 0 aromatic heterocycles. The van der Waals surface area contributed by atoms with Gasteiger partial charge in [0.05, 0.1) is 4.90 Å². The van der Waals surface area contributed by atoms with Gasteiger partial charge in [-0.15, -0.1) is 0 Å². The van der Waals surface area contributed by atoms with Gasteiger partial charge in [0.1, 0.15) is 9.79 Å². The fourth-order valence-electron chi connectivity index (χ4n) is 3.31. The predicted octanol–water partition coefficient (Wildman–Crippen LogP) is 2.62. The van der Waals surface area contributed by atoms with Crippen LogP contribution in [0.4, 0.5) is 11.4 Å². The third-order valence-corrected chi connectivity index (χ3v) is 7.28. The first-order valence-corrected chi connectivity index (χ1v) is 13.6. The number of anilines is 2. The molecule has 0 saturated heterocycles. The standard InChI is InChI=1S/C19H20N2O9S3/c1-2-20-13-5-3-4-12(8-13)11-21-16-6-7-17(32(25,26)27)15-9-14(31(22,23)24)10-18(19(15)16)33(28,29)30/h3-10,20-21H,2,11H2,1H3,(H,22,23,24)(H,25,26,27)(H,28,29,30). The Kier molecular flexibility index (Phi) is 6.70. The third-order valence-electron chi connectivity index (χ3n) is 4.66. The maximum Gasteiger partial charge on any atom is 0.295 e. The monoisotopic (exact) mass is 516 g/mol. The number of fused-ring (bicyclic) bond motifs is 1. The molecule has 0 amide bonds. The molecule has 0 unspecified atom stereocenters. The summed E-state index contributed by atoms with van der Waals surface area (Å²) in [7, 11) is -15.0. The molecule has 5 N–H and O–H groups in total. The molecule has 0 fully saturated rings. The van der Waals surface area contributed by atoms with Gasteiger partial charge in [0.25, 0.3) is 30.4 Å². The zero-order valence-corrected chi connectivity index (χ0v) is 19.5. The Labute approximate surface area is 190 Å².